The normalized spacial score (nSPS) is 10.4. The lowest BCUT2D eigenvalue weighted by molar-refractivity contribution is 0.103. The molecule has 0 atom stereocenters. The SMILES string of the molecule is COc1ccc(Cl)cc1C(=O)c1ccc(F)c(F)c1Br. The number of rotatable bonds is 3. The lowest BCUT2D eigenvalue weighted by Gasteiger charge is -2.10. The minimum absolute atomic E-state index is 0.00975. The number of carbonyl (C=O) groups is 1. The molecule has 0 saturated heterocycles. The lowest BCUT2D eigenvalue weighted by Crippen LogP contribution is -2.06. The summed E-state index contributed by atoms with van der Waals surface area (Å²) in [6.45, 7) is 0. The number of methoxy groups -OCH3 is 1. The molecule has 0 N–H and O–H groups in total. The van der Waals surface area contributed by atoms with E-state index in [0.29, 0.717) is 10.8 Å². The topological polar surface area (TPSA) is 26.3 Å². The minimum Gasteiger partial charge on any atom is -0.496 e. The van der Waals surface area contributed by atoms with Crippen LogP contribution in [0.1, 0.15) is 15.9 Å². The third kappa shape index (κ3) is 2.69. The highest BCUT2D eigenvalue weighted by Gasteiger charge is 2.21. The van der Waals surface area contributed by atoms with Crippen LogP contribution in [0.15, 0.2) is 34.8 Å². The predicted octanol–water partition coefficient (Wildman–Crippen LogP) is 4.62. The van der Waals surface area contributed by atoms with Gasteiger partial charge in [-0.15, -0.1) is 0 Å². The molecular formula is C14H8BrClF2O2. The molecule has 0 heterocycles. The van der Waals surface area contributed by atoms with Gasteiger partial charge < -0.3 is 4.74 Å². The van der Waals surface area contributed by atoms with Crippen LogP contribution < -0.4 is 4.74 Å². The molecular weight excluding hydrogens is 354 g/mol. The largest absolute Gasteiger partial charge is 0.496 e. The third-order valence-electron chi connectivity index (χ3n) is 2.69. The van der Waals surface area contributed by atoms with Crippen molar-refractivity contribution in [3.8, 4) is 5.75 Å². The first-order valence-corrected chi connectivity index (χ1v) is 6.64. The molecule has 0 radical (unpaired) electrons. The van der Waals surface area contributed by atoms with Crippen LogP contribution in [0.25, 0.3) is 0 Å². The van der Waals surface area contributed by atoms with Gasteiger partial charge in [0.05, 0.1) is 17.1 Å². The number of benzene rings is 2. The highest BCUT2D eigenvalue weighted by molar-refractivity contribution is 9.10. The van der Waals surface area contributed by atoms with Crippen molar-refractivity contribution in [2.45, 2.75) is 0 Å². The molecule has 104 valence electrons. The van der Waals surface area contributed by atoms with Gasteiger partial charge in [0.2, 0.25) is 0 Å². The summed E-state index contributed by atoms with van der Waals surface area (Å²) in [5, 5.41) is 0.341. The molecule has 6 heteroatoms. The molecule has 2 nitrogen and oxygen atoms in total. The molecule has 0 spiro atoms. The van der Waals surface area contributed by atoms with Crippen molar-refractivity contribution in [1.82, 2.24) is 0 Å². The molecule has 0 aromatic heterocycles. The Morgan fingerprint density at radius 2 is 1.90 bits per heavy atom. The summed E-state index contributed by atoms with van der Waals surface area (Å²) in [7, 11) is 1.40. The van der Waals surface area contributed by atoms with Gasteiger partial charge in [-0.25, -0.2) is 8.78 Å². The van der Waals surface area contributed by atoms with Crippen LogP contribution in [0.4, 0.5) is 8.78 Å². The molecule has 2 rings (SSSR count). The molecule has 0 bridgehead atoms. The van der Waals surface area contributed by atoms with Crippen molar-refractivity contribution in [1.29, 1.82) is 0 Å². The van der Waals surface area contributed by atoms with E-state index in [0.717, 1.165) is 6.07 Å². The van der Waals surface area contributed by atoms with E-state index in [-0.39, 0.29) is 15.6 Å². The average molecular weight is 362 g/mol. The van der Waals surface area contributed by atoms with E-state index in [9.17, 15) is 13.6 Å². The van der Waals surface area contributed by atoms with Crippen molar-refractivity contribution >= 4 is 33.3 Å². The fraction of sp³-hybridized carbons (Fsp3) is 0.0714. The number of halogens is 4. The molecule has 2 aromatic rings. The predicted molar refractivity (Wildman–Crippen MR) is 75.5 cm³/mol. The fourth-order valence-electron chi connectivity index (χ4n) is 1.70. The number of ketones is 1. The molecule has 0 amide bonds. The molecule has 0 saturated carbocycles. The van der Waals surface area contributed by atoms with Crippen molar-refractivity contribution in [3.63, 3.8) is 0 Å². The summed E-state index contributed by atoms with van der Waals surface area (Å²) < 4.78 is 31.4. The summed E-state index contributed by atoms with van der Waals surface area (Å²) >= 11 is 8.73. The van der Waals surface area contributed by atoms with Gasteiger partial charge in [-0.1, -0.05) is 11.6 Å². The van der Waals surface area contributed by atoms with Crippen LogP contribution in [0.3, 0.4) is 0 Å². The van der Waals surface area contributed by atoms with Gasteiger partial charge in [-0.2, -0.15) is 0 Å². The summed E-state index contributed by atoms with van der Waals surface area (Å²) in [5.74, 6) is -2.37. The molecule has 0 aliphatic carbocycles. The quantitative estimate of drug-likeness (QED) is 0.589. The lowest BCUT2D eigenvalue weighted by atomic mass is 10.0. The van der Waals surface area contributed by atoms with E-state index in [1.54, 1.807) is 6.07 Å². The van der Waals surface area contributed by atoms with E-state index in [1.165, 1.54) is 25.3 Å². The van der Waals surface area contributed by atoms with E-state index >= 15 is 0 Å². The van der Waals surface area contributed by atoms with Gasteiger partial charge in [0, 0.05) is 10.6 Å². The standard InChI is InChI=1S/C14H8BrClF2O2/c1-20-11-5-2-7(16)6-9(11)14(19)8-3-4-10(17)13(18)12(8)15/h2-6H,1H3. The van der Waals surface area contributed by atoms with Crippen LogP contribution in [-0.2, 0) is 0 Å². The first-order valence-electron chi connectivity index (χ1n) is 5.47. The number of ether oxygens (including phenoxy) is 1. The maximum Gasteiger partial charge on any atom is 0.198 e. The second kappa shape index (κ2) is 5.89. The number of hydrogen-bond donors (Lipinski definition) is 0. The maximum atomic E-state index is 13.5. The highest BCUT2D eigenvalue weighted by atomic mass is 79.9. The van der Waals surface area contributed by atoms with Crippen LogP contribution in [0.5, 0.6) is 5.75 Å². The van der Waals surface area contributed by atoms with Gasteiger partial charge in [0.25, 0.3) is 0 Å². The fourth-order valence-corrected chi connectivity index (χ4v) is 2.38. The van der Waals surface area contributed by atoms with Gasteiger partial charge in [-0.05, 0) is 46.3 Å². The zero-order valence-corrected chi connectivity index (χ0v) is 12.6. The Hall–Kier alpha value is -1.46. The first kappa shape index (κ1) is 14.9. The van der Waals surface area contributed by atoms with Crippen LogP contribution in [0, 0.1) is 11.6 Å². The Bertz CT molecular complexity index is 689. The Labute approximate surface area is 127 Å². The summed E-state index contributed by atoms with van der Waals surface area (Å²) in [6.07, 6.45) is 0. The molecule has 0 fully saturated rings. The summed E-state index contributed by atoms with van der Waals surface area (Å²) in [5.41, 5.74) is 0.163. The van der Waals surface area contributed by atoms with E-state index in [4.69, 9.17) is 16.3 Å². The van der Waals surface area contributed by atoms with E-state index < -0.39 is 17.4 Å². The van der Waals surface area contributed by atoms with E-state index in [2.05, 4.69) is 15.9 Å². The molecule has 0 aliphatic heterocycles. The first-order chi connectivity index (χ1) is 9.45. The van der Waals surface area contributed by atoms with Crippen molar-refractivity contribution in [3.05, 3.63) is 62.6 Å². The van der Waals surface area contributed by atoms with Gasteiger partial charge >= 0.3 is 0 Å². The van der Waals surface area contributed by atoms with E-state index in [1.807, 2.05) is 0 Å². The molecule has 20 heavy (non-hydrogen) atoms. The molecule has 0 aliphatic rings. The Kier molecular flexibility index (Phi) is 4.40. The molecule has 0 unspecified atom stereocenters. The maximum absolute atomic E-state index is 13.5. The second-order valence-electron chi connectivity index (χ2n) is 3.90. The minimum atomic E-state index is -1.11. The van der Waals surface area contributed by atoms with Crippen LogP contribution in [-0.4, -0.2) is 12.9 Å². The average Bonchev–Trinajstić information content (AvgIpc) is 2.44. The zero-order valence-electron chi connectivity index (χ0n) is 10.2. The van der Waals surface area contributed by atoms with Crippen molar-refractivity contribution in [2.24, 2.45) is 0 Å². The summed E-state index contributed by atoms with van der Waals surface area (Å²) in [6, 6.07) is 6.60. The van der Waals surface area contributed by atoms with Crippen LogP contribution in [0.2, 0.25) is 5.02 Å². The third-order valence-corrected chi connectivity index (χ3v) is 3.70. The van der Waals surface area contributed by atoms with Crippen molar-refractivity contribution in [2.75, 3.05) is 7.11 Å². The Morgan fingerprint density at radius 1 is 1.20 bits per heavy atom. The summed E-state index contributed by atoms with van der Waals surface area (Å²) in [4.78, 5) is 12.4. The van der Waals surface area contributed by atoms with Gasteiger partial charge in [-0.3, -0.25) is 4.79 Å². The van der Waals surface area contributed by atoms with Crippen molar-refractivity contribution < 1.29 is 18.3 Å². The monoisotopic (exact) mass is 360 g/mol. The zero-order chi connectivity index (χ0) is 14.9. The molecule has 2 aromatic carbocycles. The smallest absolute Gasteiger partial charge is 0.198 e. The second-order valence-corrected chi connectivity index (χ2v) is 5.13. The number of hydrogen-bond acceptors (Lipinski definition) is 2. The Balaban J connectivity index is 2.57. The highest BCUT2D eigenvalue weighted by Crippen LogP contribution is 2.30. The Morgan fingerprint density at radius 3 is 2.55 bits per heavy atom. The van der Waals surface area contributed by atoms with Gasteiger partial charge in [0.1, 0.15) is 5.75 Å². The van der Waals surface area contributed by atoms with Gasteiger partial charge in [0.15, 0.2) is 17.4 Å². The van der Waals surface area contributed by atoms with Crippen LogP contribution >= 0.6 is 27.5 Å². The number of carbonyl (C=O) groups excluding carboxylic acids is 1.